The Morgan fingerprint density at radius 2 is 1.43 bits per heavy atom. The van der Waals surface area contributed by atoms with E-state index < -0.39 is 0 Å². The Balaban J connectivity index is 0.807. The van der Waals surface area contributed by atoms with Crippen molar-refractivity contribution in [3.63, 3.8) is 0 Å². The van der Waals surface area contributed by atoms with Crippen LogP contribution in [0, 0.1) is 11.8 Å². The van der Waals surface area contributed by atoms with E-state index in [0.29, 0.717) is 17.8 Å². The van der Waals surface area contributed by atoms with Crippen LogP contribution in [0.3, 0.4) is 0 Å². The first-order valence-electron chi connectivity index (χ1n) is 28.3. The average Bonchev–Trinajstić information content (AvgIpc) is 4.00. The largest absolute Gasteiger partial charge is 0.336 e. The molecular formula is C71H68N4. The molecule has 0 amide bonds. The van der Waals surface area contributed by atoms with Crippen LogP contribution in [0.1, 0.15) is 130 Å². The van der Waals surface area contributed by atoms with Gasteiger partial charge in [0.05, 0.1) is 12.1 Å². The number of allylic oxidation sites excluding steroid dienone is 19. The van der Waals surface area contributed by atoms with Crippen molar-refractivity contribution < 1.29 is 0 Å². The lowest BCUT2D eigenvalue weighted by Crippen LogP contribution is -2.38. The number of hydrogen-bond acceptors (Lipinski definition) is 3. The smallest absolute Gasteiger partial charge is 0.0656 e. The maximum Gasteiger partial charge on any atom is 0.0656 e. The predicted octanol–water partition coefficient (Wildman–Crippen LogP) is 18.1. The van der Waals surface area contributed by atoms with Crippen LogP contribution in [0.5, 0.6) is 0 Å². The molecule has 1 aromatic heterocycles. The van der Waals surface area contributed by atoms with Crippen LogP contribution in [0.25, 0.3) is 34.2 Å². The predicted molar refractivity (Wildman–Crippen MR) is 316 cm³/mol. The first-order chi connectivity index (χ1) is 37.0. The highest BCUT2D eigenvalue weighted by atomic mass is 15.2. The van der Waals surface area contributed by atoms with Gasteiger partial charge in [0.25, 0.3) is 0 Å². The van der Waals surface area contributed by atoms with Gasteiger partial charge in [-0.15, -0.1) is 0 Å². The van der Waals surface area contributed by atoms with Crippen LogP contribution in [-0.2, 0) is 0 Å². The van der Waals surface area contributed by atoms with Crippen molar-refractivity contribution in [3.8, 4) is 0 Å². The fourth-order valence-electron chi connectivity index (χ4n) is 14.6. The molecule has 0 spiro atoms. The van der Waals surface area contributed by atoms with Crippen LogP contribution in [0.15, 0.2) is 223 Å². The highest BCUT2D eigenvalue weighted by Gasteiger charge is 2.42. The number of fused-ring (bicyclic) bond motifs is 8. The van der Waals surface area contributed by atoms with Gasteiger partial charge >= 0.3 is 0 Å². The number of nitrogens with zero attached hydrogens (tertiary/aromatic N) is 4. The highest BCUT2D eigenvalue weighted by molar-refractivity contribution is 5.97. The van der Waals surface area contributed by atoms with Gasteiger partial charge in [-0.1, -0.05) is 166 Å². The van der Waals surface area contributed by atoms with Gasteiger partial charge in [-0.2, -0.15) is 0 Å². The number of benzene rings is 4. The van der Waals surface area contributed by atoms with E-state index in [1.807, 2.05) is 0 Å². The SMILES string of the molecule is CC1CC=Cc2c1c1c(n2C2=CC=CCC2)C=CC(N(c2ccc(C3C=CC(N(C4=CC(C)C5C(=C4)c4ccccc4N5C4=CC=CCC4)C4=C5C=CC=CC5CCC4)=CC3)cc2)c2cccc3ccccc23)C1C. The molecule has 7 unspecified atom stereocenters. The van der Waals surface area contributed by atoms with Crippen LogP contribution in [0.4, 0.5) is 17.1 Å². The molecule has 14 rings (SSSR count). The molecule has 4 heteroatoms. The lowest BCUT2D eigenvalue weighted by molar-refractivity contribution is 0.449. The Morgan fingerprint density at radius 1 is 0.627 bits per heavy atom. The molecule has 2 heterocycles. The molecule has 372 valence electrons. The van der Waals surface area contributed by atoms with Gasteiger partial charge in [0.15, 0.2) is 0 Å². The minimum atomic E-state index is 0.118. The normalized spacial score (nSPS) is 25.9. The van der Waals surface area contributed by atoms with Crippen LogP contribution in [-0.4, -0.2) is 21.6 Å². The van der Waals surface area contributed by atoms with E-state index in [1.54, 1.807) is 0 Å². The molecular weight excluding hydrogens is 909 g/mol. The summed E-state index contributed by atoms with van der Waals surface area (Å²) in [7, 11) is 0. The Labute approximate surface area is 444 Å². The lowest BCUT2D eigenvalue weighted by Gasteiger charge is -2.41. The zero-order chi connectivity index (χ0) is 50.1. The van der Waals surface area contributed by atoms with Crippen LogP contribution >= 0.6 is 0 Å². The molecule has 0 bridgehead atoms. The minimum Gasteiger partial charge on any atom is -0.336 e. The Kier molecular flexibility index (Phi) is 11.6. The molecule has 7 atom stereocenters. The number of para-hydroxylation sites is 1. The molecule has 0 N–H and O–H groups in total. The van der Waals surface area contributed by atoms with Crippen LogP contribution in [0.2, 0.25) is 0 Å². The van der Waals surface area contributed by atoms with Crippen molar-refractivity contribution in [2.75, 3.05) is 9.80 Å². The first-order valence-corrected chi connectivity index (χ1v) is 28.3. The summed E-state index contributed by atoms with van der Waals surface area (Å²) in [5.74, 6) is 1.78. The molecule has 0 radical (unpaired) electrons. The first kappa shape index (κ1) is 46.0. The Morgan fingerprint density at radius 3 is 2.25 bits per heavy atom. The molecule has 0 saturated carbocycles. The quantitative estimate of drug-likeness (QED) is 0.146. The molecule has 0 saturated heterocycles. The van der Waals surface area contributed by atoms with E-state index >= 15 is 0 Å². The van der Waals surface area contributed by atoms with Gasteiger partial charge in [0.1, 0.15) is 0 Å². The van der Waals surface area contributed by atoms with E-state index in [-0.39, 0.29) is 23.9 Å². The summed E-state index contributed by atoms with van der Waals surface area (Å²) in [5, 5.41) is 2.55. The van der Waals surface area contributed by atoms with Crippen molar-refractivity contribution in [2.45, 2.75) is 108 Å². The summed E-state index contributed by atoms with van der Waals surface area (Å²) < 4.78 is 2.60. The number of anilines is 3. The summed E-state index contributed by atoms with van der Waals surface area (Å²) >= 11 is 0. The molecule has 4 nitrogen and oxygen atoms in total. The zero-order valence-corrected chi connectivity index (χ0v) is 43.8. The third-order valence-corrected chi connectivity index (χ3v) is 18.1. The van der Waals surface area contributed by atoms with Gasteiger partial charge in [-0.3, -0.25) is 0 Å². The highest BCUT2D eigenvalue weighted by Crippen LogP contribution is 2.52. The maximum atomic E-state index is 2.67. The van der Waals surface area contributed by atoms with Crippen molar-refractivity contribution >= 4 is 51.3 Å². The number of rotatable bonds is 9. The van der Waals surface area contributed by atoms with E-state index in [1.165, 1.54) is 114 Å². The van der Waals surface area contributed by atoms with Gasteiger partial charge in [0, 0.05) is 91.6 Å². The summed E-state index contributed by atoms with van der Waals surface area (Å²) in [4.78, 5) is 7.99. The van der Waals surface area contributed by atoms with E-state index in [2.05, 4.69) is 246 Å². The summed E-state index contributed by atoms with van der Waals surface area (Å²) in [6, 6.07) is 35.0. The number of hydrogen-bond donors (Lipinski definition) is 0. The fourth-order valence-corrected chi connectivity index (χ4v) is 14.6. The van der Waals surface area contributed by atoms with E-state index in [4.69, 9.17) is 0 Å². The Bertz CT molecular complexity index is 3560. The van der Waals surface area contributed by atoms with Crippen molar-refractivity contribution in [3.05, 3.63) is 256 Å². The molecule has 1 aliphatic heterocycles. The van der Waals surface area contributed by atoms with E-state index in [9.17, 15) is 0 Å². The van der Waals surface area contributed by atoms with Gasteiger partial charge in [0.2, 0.25) is 0 Å². The Hall–Kier alpha value is -7.56. The summed E-state index contributed by atoms with van der Waals surface area (Å²) in [6.07, 6.45) is 55.4. The molecule has 9 aliphatic rings. The second kappa shape index (κ2) is 19.0. The topological polar surface area (TPSA) is 14.7 Å². The lowest BCUT2D eigenvalue weighted by atomic mass is 9.79. The van der Waals surface area contributed by atoms with Crippen molar-refractivity contribution in [1.29, 1.82) is 0 Å². The van der Waals surface area contributed by atoms with Crippen LogP contribution < -0.4 is 9.80 Å². The second-order valence-corrected chi connectivity index (χ2v) is 22.5. The zero-order valence-electron chi connectivity index (χ0n) is 43.8. The number of aromatic nitrogens is 1. The third kappa shape index (κ3) is 7.77. The standard InChI is InChI=1S/C71H68N4/c1-47-19-16-34-67-69(47)70-49(3)63(43-44-68(70)74(67)54-24-6-4-7-25-54)73(65-33-18-23-53-21-11-13-29-60(53)65)57-41-37-51(38-42-57)50-35-39-56(40-36-50)72(64-32-17-22-52-20-10-12-28-59(52)64)58-45-48(2)71-62(46-58)61-30-14-15-31-66(61)75(71)55-26-8-5-9-27-55/h4-6,8,10-16,18,20-21,23-24,26,28-31,33-35,37-50,52,63,71H,7,9,17,19,22,25,27,32,36H2,1-3H3. The fraction of sp³-hybridized carbons (Fsp3) is 0.268. The molecule has 4 aromatic carbocycles. The monoisotopic (exact) mass is 977 g/mol. The maximum absolute atomic E-state index is 2.67. The van der Waals surface area contributed by atoms with E-state index in [0.717, 1.165) is 44.9 Å². The summed E-state index contributed by atoms with van der Waals surface area (Å²) in [6.45, 7) is 7.37. The average molecular weight is 977 g/mol. The molecule has 0 fully saturated rings. The molecule has 75 heavy (non-hydrogen) atoms. The molecule has 5 aromatic rings. The van der Waals surface area contributed by atoms with Gasteiger partial charge < -0.3 is 19.3 Å². The second-order valence-electron chi connectivity index (χ2n) is 22.5. The summed E-state index contributed by atoms with van der Waals surface area (Å²) in [5.41, 5.74) is 22.2. The molecule has 8 aliphatic carbocycles. The minimum absolute atomic E-state index is 0.118. The third-order valence-electron chi connectivity index (χ3n) is 18.1. The van der Waals surface area contributed by atoms with Gasteiger partial charge in [-0.05, 0) is 158 Å². The van der Waals surface area contributed by atoms with Crippen molar-refractivity contribution in [2.24, 2.45) is 11.8 Å². The van der Waals surface area contributed by atoms with Crippen molar-refractivity contribution in [1.82, 2.24) is 9.47 Å². The van der Waals surface area contributed by atoms with Gasteiger partial charge in [-0.25, -0.2) is 0 Å².